The lowest BCUT2D eigenvalue weighted by Gasteiger charge is -2.22. The molecular formula is C32H60O4Si. The van der Waals surface area contributed by atoms with E-state index in [4.69, 9.17) is 17.7 Å². The van der Waals surface area contributed by atoms with E-state index in [1.54, 1.807) is 25.0 Å². The second-order valence-electron chi connectivity index (χ2n) is 9.86. The maximum atomic E-state index is 6.11. The zero-order valence-electron chi connectivity index (χ0n) is 24.9. The smallest absolute Gasteiger partial charge is 0.459 e. The first-order valence-electron chi connectivity index (χ1n) is 15.6. The van der Waals surface area contributed by atoms with Crippen LogP contribution in [0.5, 0.6) is 0 Å². The molecular weight excluding hydrogens is 476 g/mol. The Bertz CT molecular complexity index is 470. The van der Waals surface area contributed by atoms with Gasteiger partial charge in [-0.25, -0.2) is 0 Å². The predicted octanol–water partition coefficient (Wildman–Crippen LogP) is 11.4. The van der Waals surface area contributed by atoms with Crippen molar-refractivity contribution in [3.8, 4) is 0 Å². The van der Waals surface area contributed by atoms with Crippen LogP contribution in [0, 0.1) is 0 Å². The minimum Gasteiger partial charge on any atom is -0.459 e. The molecule has 0 aromatic rings. The Morgan fingerprint density at radius 1 is 0.351 bits per heavy atom. The summed E-state index contributed by atoms with van der Waals surface area (Å²) in [6, 6.07) is 0. The summed E-state index contributed by atoms with van der Waals surface area (Å²) in [5.74, 6) is 0. The predicted molar refractivity (Wildman–Crippen MR) is 162 cm³/mol. The summed E-state index contributed by atoms with van der Waals surface area (Å²) in [6.07, 6.45) is 38.8. The first-order chi connectivity index (χ1) is 18.2. The number of hydrogen-bond donors (Lipinski definition) is 0. The molecule has 0 atom stereocenters. The van der Waals surface area contributed by atoms with Gasteiger partial charge in [-0.15, -0.1) is 0 Å². The molecule has 0 amide bonds. The van der Waals surface area contributed by atoms with Crippen LogP contribution in [0.15, 0.2) is 49.4 Å². The Balaban J connectivity index is 5.19. The Morgan fingerprint density at radius 3 is 0.811 bits per heavy atom. The first kappa shape index (κ1) is 35.4. The third-order valence-electron chi connectivity index (χ3n) is 6.13. The highest BCUT2D eigenvalue weighted by molar-refractivity contribution is 6.54. The van der Waals surface area contributed by atoms with E-state index in [2.05, 4.69) is 52.0 Å². The van der Waals surface area contributed by atoms with Crippen LogP contribution in [0.25, 0.3) is 0 Å². The van der Waals surface area contributed by atoms with Gasteiger partial charge in [-0.1, -0.05) is 129 Å². The molecule has 0 saturated carbocycles. The van der Waals surface area contributed by atoms with Crippen molar-refractivity contribution < 1.29 is 17.7 Å². The standard InChI is InChI=1S/C32H60O4Si/c1-5-9-13-17-21-25-29-33-37(34-30-26-22-18-14-10-6-2,35-31-27-23-19-15-11-7-3)36-32-28-24-20-16-12-8-4/h25-32H,5-24H2,1-4H3. The fourth-order valence-corrected chi connectivity index (χ4v) is 5.11. The molecule has 37 heavy (non-hydrogen) atoms. The fourth-order valence-electron chi connectivity index (χ4n) is 3.72. The summed E-state index contributed by atoms with van der Waals surface area (Å²) in [7, 11) is -3.44. The molecule has 0 radical (unpaired) electrons. The van der Waals surface area contributed by atoms with Gasteiger partial charge in [-0.2, -0.15) is 0 Å². The lowest BCUT2D eigenvalue weighted by atomic mass is 10.2. The summed E-state index contributed by atoms with van der Waals surface area (Å²) < 4.78 is 24.4. The molecule has 0 bridgehead atoms. The summed E-state index contributed by atoms with van der Waals surface area (Å²) in [5, 5.41) is 0. The number of allylic oxidation sites excluding steroid dienone is 4. The van der Waals surface area contributed by atoms with Crippen LogP contribution in [0.4, 0.5) is 0 Å². The van der Waals surface area contributed by atoms with E-state index in [0.29, 0.717) is 0 Å². The molecule has 0 aliphatic heterocycles. The second kappa shape index (κ2) is 28.9. The molecule has 0 rings (SSSR count). The molecule has 0 saturated heterocycles. The van der Waals surface area contributed by atoms with Gasteiger partial charge in [0.25, 0.3) is 0 Å². The molecule has 0 aliphatic carbocycles. The van der Waals surface area contributed by atoms with Crippen molar-refractivity contribution in [1.82, 2.24) is 0 Å². The third-order valence-corrected chi connectivity index (χ3v) is 7.83. The van der Waals surface area contributed by atoms with Gasteiger partial charge in [-0.05, 0) is 51.4 Å². The Labute approximate surface area is 232 Å². The summed E-state index contributed by atoms with van der Waals surface area (Å²) in [5.41, 5.74) is 0. The van der Waals surface area contributed by atoms with Gasteiger partial charge in [-0.3, -0.25) is 0 Å². The molecule has 0 fully saturated rings. The molecule has 0 aliphatic rings. The number of hydrogen-bond acceptors (Lipinski definition) is 4. The van der Waals surface area contributed by atoms with Crippen molar-refractivity contribution in [3.63, 3.8) is 0 Å². The van der Waals surface area contributed by atoms with Gasteiger partial charge in [0, 0.05) is 0 Å². The number of rotatable bonds is 28. The highest BCUT2D eigenvalue weighted by Gasteiger charge is 2.54. The number of unbranched alkanes of at least 4 members (excludes halogenated alkanes) is 16. The minimum atomic E-state index is -3.44. The largest absolute Gasteiger partial charge is 0.964 e. The first-order valence-corrected chi connectivity index (χ1v) is 17.2. The van der Waals surface area contributed by atoms with E-state index in [-0.39, 0.29) is 0 Å². The molecule has 0 heterocycles. The van der Waals surface area contributed by atoms with Crippen molar-refractivity contribution in [2.75, 3.05) is 0 Å². The van der Waals surface area contributed by atoms with Crippen LogP contribution in [0.3, 0.4) is 0 Å². The van der Waals surface area contributed by atoms with E-state index in [1.165, 1.54) is 77.0 Å². The maximum Gasteiger partial charge on any atom is 0.964 e. The van der Waals surface area contributed by atoms with Gasteiger partial charge in [0.1, 0.15) is 0 Å². The Morgan fingerprint density at radius 2 is 0.595 bits per heavy atom. The van der Waals surface area contributed by atoms with Crippen LogP contribution < -0.4 is 0 Å². The van der Waals surface area contributed by atoms with Crippen molar-refractivity contribution in [3.05, 3.63) is 49.4 Å². The molecule has 0 aromatic carbocycles. The normalized spacial score (nSPS) is 13.7. The van der Waals surface area contributed by atoms with Crippen molar-refractivity contribution in [2.45, 2.75) is 156 Å². The lowest BCUT2D eigenvalue weighted by molar-refractivity contribution is 0.0763. The molecule has 0 N–H and O–H groups in total. The molecule has 0 spiro atoms. The van der Waals surface area contributed by atoms with Crippen LogP contribution >= 0.6 is 0 Å². The van der Waals surface area contributed by atoms with Crippen LogP contribution in [0.2, 0.25) is 0 Å². The van der Waals surface area contributed by atoms with E-state index < -0.39 is 9.05 Å². The minimum absolute atomic E-state index is 0.984. The van der Waals surface area contributed by atoms with Crippen molar-refractivity contribution >= 4 is 9.05 Å². The van der Waals surface area contributed by atoms with Crippen LogP contribution in [-0.4, -0.2) is 9.05 Å². The highest BCUT2D eigenvalue weighted by atomic mass is 28.4. The van der Waals surface area contributed by atoms with Gasteiger partial charge in [0.2, 0.25) is 0 Å². The quantitative estimate of drug-likeness (QED) is 0.0566. The van der Waals surface area contributed by atoms with Gasteiger partial charge < -0.3 is 17.7 Å². The molecule has 5 heteroatoms. The van der Waals surface area contributed by atoms with Gasteiger partial charge in [0.15, 0.2) is 0 Å². The molecule has 0 aromatic heterocycles. The zero-order chi connectivity index (χ0) is 27.1. The molecule has 4 nitrogen and oxygen atoms in total. The fraction of sp³-hybridized carbons (Fsp3) is 0.750. The average Bonchev–Trinajstić information content (AvgIpc) is 2.91. The lowest BCUT2D eigenvalue weighted by Crippen LogP contribution is -2.44. The Hall–Kier alpha value is -1.62. The van der Waals surface area contributed by atoms with Crippen LogP contribution in [0.1, 0.15) is 156 Å². The zero-order valence-corrected chi connectivity index (χ0v) is 25.9. The van der Waals surface area contributed by atoms with Crippen molar-refractivity contribution in [2.24, 2.45) is 0 Å². The average molecular weight is 537 g/mol. The van der Waals surface area contributed by atoms with E-state index >= 15 is 0 Å². The molecule has 216 valence electrons. The SMILES string of the molecule is CCCCCCC=CO[Si](OC=CCCCCCC)(OC=CCCCCCC)OC=CCCCCCC. The highest BCUT2D eigenvalue weighted by Crippen LogP contribution is 2.17. The van der Waals surface area contributed by atoms with Crippen molar-refractivity contribution in [1.29, 1.82) is 0 Å². The van der Waals surface area contributed by atoms with Crippen LogP contribution in [-0.2, 0) is 17.7 Å². The topological polar surface area (TPSA) is 36.9 Å². The Kier molecular flexibility index (Phi) is 27.7. The summed E-state index contributed by atoms with van der Waals surface area (Å²) >= 11 is 0. The van der Waals surface area contributed by atoms with E-state index in [9.17, 15) is 0 Å². The summed E-state index contributed by atoms with van der Waals surface area (Å²) in [4.78, 5) is 0. The second-order valence-corrected chi connectivity index (χ2v) is 11.8. The maximum absolute atomic E-state index is 6.11. The molecule has 0 unspecified atom stereocenters. The monoisotopic (exact) mass is 536 g/mol. The third kappa shape index (κ3) is 24.5. The van der Waals surface area contributed by atoms with E-state index in [1.807, 2.05) is 0 Å². The van der Waals surface area contributed by atoms with E-state index in [0.717, 1.165) is 51.4 Å². The summed E-state index contributed by atoms with van der Waals surface area (Å²) in [6.45, 7) is 8.93. The van der Waals surface area contributed by atoms with Gasteiger partial charge >= 0.3 is 9.05 Å². The van der Waals surface area contributed by atoms with Gasteiger partial charge in [0.05, 0.1) is 25.0 Å².